The fourth-order valence-electron chi connectivity index (χ4n) is 1.77. The normalized spacial score (nSPS) is 12.2. The van der Waals surface area contributed by atoms with Gasteiger partial charge in [-0.1, -0.05) is 15.9 Å². The molecule has 0 fully saturated rings. The van der Waals surface area contributed by atoms with Gasteiger partial charge in [-0.3, -0.25) is 0 Å². The van der Waals surface area contributed by atoms with Gasteiger partial charge < -0.3 is 14.5 Å². The second kappa shape index (κ2) is 5.91. The van der Waals surface area contributed by atoms with Crippen LogP contribution in [-0.4, -0.2) is 24.2 Å². The maximum Gasteiger partial charge on any atom is 0.123 e. The Morgan fingerprint density at radius 1 is 1.33 bits per heavy atom. The zero-order valence-corrected chi connectivity index (χ0v) is 11.9. The molecule has 0 radical (unpaired) electrons. The van der Waals surface area contributed by atoms with Crippen LogP contribution in [0.5, 0.6) is 11.5 Å². The van der Waals surface area contributed by atoms with Crippen molar-refractivity contribution in [2.24, 2.45) is 0 Å². The van der Waals surface area contributed by atoms with Crippen LogP contribution in [0.1, 0.15) is 16.2 Å². The van der Waals surface area contributed by atoms with Gasteiger partial charge in [0.15, 0.2) is 0 Å². The molecule has 1 aromatic heterocycles. The fraction of sp³-hybridized carbons (Fsp3) is 0.308. The summed E-state index contributed by atoms with van der Waals surface area (Å²) in [5.41, 5.74) is 1.05. The van der Waals surface area contributed by atoms with Crippen LogP contribution in [0, 0.1) is 0 Å². The Labute approximate surface area is 114 Å². The van der Waals surface area contributed by atoms with Crippen molar-refractivity contribution in [2.45, 2.75) is 11.2 Å². The van der Waals surface area contributed by atoms with Gasteiger partial charge in [-0.15, -0.1) is 0 Å². The number of alkyl halides is 1. The first kappa shape index (κ1) is 13.0. The smallest absolute Gasteiger partial charge is 0.123 e. The average molecular weight is 311 g/mol. The molecule has 18 heavy (non-hydrogen) atoms. The molecule has 5 heteroatoms. The van der Waals surface area contributed by atoms with E-state index in [1.54, 1.807) is 20.4 Å². The molecular formula is C13H15BrN2O2. The third-order valence-electron chi connectivity index (χ3n) is 2.70. The summed E-state index contributed by atoms with van der Waals surface area (Å²) in [7, 11) is 3.32. The minimum Gasteiger partial charge on any atom is -0.497 e. The van der Waals surface area contributed by atoms with E-state index in [2.05, 4.69) is 25.9 Å². The number of hydrogen-bond donors (Lipinski definition) is 1. The molecule has 2 aromatic rings. The van der Waals surface area contributed by atoms with Crippen molar-refractivity contribution >= 4 is 15.9 Å². The lowest BCUT2D eigenvalue weighted by molar-refractivity contribution is 0.398. The number of imidazole rings is 1. The maximum atomic E-state index is 5.37. The first-order chi connectivity index (χ1) is 8.74. The Hall–Kier alpha value is -1.49. The molecule has 1 heterocycles. The van der Waals surface area contributed by atoms with E-state index in [9.17, 15) is 0 Å². The average Bonchev–Trinajstić information content (AvgIpc) is 2.90. The first-order valence-electron chi connectivity index (χ1n) is 5.59. The molecule has 0 saturated carbocycles. The van der Waals surface area contributed by atoms with Gasteiger partial charge in [0, 0.05) is 24.4 Å². The largest absolute Gasteiger partial charge is 0.497 e. The molecule has 1 atom stereocenters. The summed E-state index contributed by atoms with van der Waals surface area (Å²) in [4.78, 5) is 7.43. The molecule has 0 aliphatic rings. The second-order valence-electron chi connectivity index (χ2n) is 3.82. The quantitative estimate of drug-likeness (QED) is 0.863. The van der Waals surface area contributed by atoms with Crippen LogP contribution in [0.3, 0.4) is 0 Å². The molecular weight excluding hydrogens is 296 g/mol. The lowest BCUT2D eigenvalue weighted by Gasteiger charge is -2.14. The van der Waals surface area contributed by atoms with E-state index in [0.717, 1.165) is 29.3 Å². The van der Waals surface area contributed by atoms with Crippen molar-refractivity contribution in [1.82, 2.24) is 9.97 Å². The Bertz CT molecular complexity index is 500. The fourth-order valence-corrected chi connectivity index (χ4v) is 2.44. The standard InChI is InChI=1S/C13H15BrN2O2/c1-17-9-3-4-12(18-2)10(7-9)11(14)8-13-15-5-6-16-13/h3-7,11H,8H2,1-2H3,(H,15,16). The molecule has 96 valence electrons. The summed E-state index contributed by atoms with van der Waals surface area (Å²) in [5.74, 6) is 2.58. The number of ether oxygens (including phenoxy) is 2. The molecule has 0 saturated heterocycles. The number of nitrogens with one attached hydrogen (secondary N) is 1. The lowest BCUT2D eigenvalue weighted by Crippen LogP contribution is -2.01. The minimum absolute atomic E-state index is 0.119. The highest BCUT2D eigenvalue weighted by Crippen LogP contribution is 2.35. The van der Waals surface area contributed by atoms with Crippen molar-refractivity contribution in [2.75, 3.05) is 14.2 Å². The zero-order chi connectivity index (χ0) is 13.0. The molecule has 1 unspecified atom stereocenters. The zero-order valence-electron chi connectivity index (χ0n) is 10.3. The molecule has 0 bridgehead atoms. The third kappa shape index (κ3) is 2.85. The Kier molecular flexibility index (Phi) is 4.25. The van der Waals surface area contributed by atoms with Crippen LogP contribution in [0.25, 0.3) is 0 Å². The van der Waals surface area contributed by atoms with Crippen LogP contribution in [0.15, 0.2) is 30.6 Å². The SMILES string of the molecule is COc1ccc(OC)c(C(Br)Cc2ncc[nH]2)c1. The highest BCUT2D eigenvalue weighted by atomic mass is 79.9. The van der Waals surface area contributed by atoms with E-state index in [-0.39, 0.29) is 4.83 Å². The number of H-pyrrole nitrogens is 1. The van der Waals surface area contributed by atoms with Crippen LogP contribution in [0.4, 0.5) is 0 Å². The monoisotopic (exact) mass is 310 g/mol. The summed E-state index contributed by atoms with van der Waals surface area (Å²) in [6, 6.07) is 5.76. The van der Waals surface area contributed by atoms with Gasteiger partial charge in [0.05, 0.1) is 19.0 Å². The van der Waals surface area contributed by atoms with E-state index in [1.165, 1.54) is 0 Å². The summed E-state index contributed by atoms with van der Waals surface area (Å²) >= 11 is 3.67. The van der Waals surface area contributed by atoms with Crippen LogP contribution in [0.2, 0.25) is 0 Å². The van der Waals surface area contributed by atoms with Crippen molar-refractivity contribution in [3.63, 3.8) is 0 Å². The number of methoxy groups -OCH3 is 2. The molecule has 0 spiro atoms. The number of rotatable bonds is 5. The van der Waals surface area contributed by atoms with Gasteiger partial charge in [-0.05, 0) is 18.2 Å². The van der Waals surface area contributed by atoms with Gasteiger partial charge >= 0.3 is 0 Å². The number of halogens is 1. The maximum absolute atomic E-state index is 5.37. The van der Waals surface area contributed by atoms with E-state index in [4.69, 9.17) is 9.47 Å². The molecule has 1 N–H and O–H groups in total. The summed E-state index contributed by atoms with van der Waals surface area (Å²) in [6.07, 6.45) is 4.33. The van der Waals surface area contributed by atoms with Gasteiger partial charge in [-0.25, -0.2) is 4.98 Å². The Balaban J connectivity index is 2.24. The van der Waals surface area contributed by atoms with Crippen LogP contribution < -0.4 is 9.47 Å². The van der Waals surface area contributed by atoms with E-state index >= 15 is 0 Å². The highest BCUT2D eigenvalue weighted by molar-refractivity contribution is 9.09. The predicted octanol–water partition coefficient (Wildman–Crippen LogP) is 3.11. The third-order valence-corrected chi connectivity index (χ3v) is 3.52. The molecule has 0 aliphatic carbocycles. The molecule has 2 rings (SSSR count). The predicted molar refractivity (Wildman–Crippen MR) is 73.5 cm³/mol. The molecule has 0 amide bonds. The van der Waals surface area contributed by atoms with E-state index < -0.39 is 0 Å². The van der Waals surface area contributed by atoms with Gasteiger partial charge in [0.25, 0.3) is 0 Å². The Morgan fingerprint density at radius 2 is 2.17 bits per heavy atom. The number of aromatic nitrogens is 2. The molecule has 1 aromatic carbocycles. The van der Waals surface area contributed by atoms with E-state index in [1.807, 2.05) is 24.4 Å². The van der Waals surface area contributed by atoms with Crippen molar-refractivity contribution < 1.29 is 9.47 Å². The number of nitrogens with zero attached hydrogens (tertiary/aromatic N) is 1. The van der Waals surface area contributed by atoms with Gasteiger partial charge in [0.2, 0.25) is 0 Å². The number of hydrogen-bond acceptors (Lipinski definition) is 3. The number of aromatic amines is 1. The molecule has 4 nitrogen and oxygen atoms in total. The van der Waals surface area contributed by atoms with Crippen molar-refractivity contribution in [1.29, 1.82) is 0 Å². The van der Waals surface area contributed by atoms with Crippen LogP contribution in [-0.2, 0) is 6.42 Å². The lowest BCUT2D eigenvalue weighted by atomic mass is 10.1. The minimum atomic E-state index is 0.119. The number of benzene rings is 1. The molecule has 0 aliphatic heterocycles. The summed E-state index contributed by atoms with van der Waals surface area (Å²) in [6.45, 7) is 0. The topological polar surface area (TPSA) is 47.1 Å². The summed E-state index contributed by atoms with van der Waals surface area (Å²) in [5, 5.41) is 0. The van der Waals surface area contributed by atoms with E-state index in [0.29, 0.717) is 0 Å². The van der Waals surface area contributed by atoms with Crippen molar-refractivity contribution in [3.8, 4) is 11.5 Å². The van der Waals surface area contributed by atoms with Gasteiger partial charge in [-0.2, -0.15) is 0 Å². The first-order valence-corrected chi connectivity index (χ1v) is 6.50. The summed E-state index contributed by atoms with van der Waals surface area (Å²) < 4.78 is 10.6. The second-order valence-corrected chi connectivity index (χ2v) is 4.92. The highest BCUT2D eigenvalue weighted by Gasteiger charge is 2.15. The van der Waals surface area contributed by atoms with Crippen LogP contribution >= 0.6 is 15.9 Å². The van der Waals surface area contributed by atoms with Gasteiger partial charge in [0.1, 0.15) is 17.3 Å². The van der Waals surface area contributed by atoms with Crippen molar-refractivity contribution in [3.05, 3.63) is 42.0 Å². The Morgan fingerprint density at radius 3 is 2.78 bits per heavy atom.